The Morgan fingerprint density at radius 1 is 1.18 bits per heavy atom. The number of hydrogen-bond donors (Lipinski definition) is 1. The maximum absolute atomic E-state index is 12.4. The third-order valence-electron chi connectivity index (χ3n) is 4.35. The second kappa shape index (κ2) is 9.21. The highest BCUT2D eigenvalue weighted by Crippen LogP contribution is 2.34. The molecule has 0 unspecified atom stereocenters. The van der Waals surface area contributed by atoms with E-state index in [4.69, 9.17) is 14.2 Å². The Bertz CT molecular complexity index is 823. The predicted octanol–water partition coefficient (Wildman–Crippen LogP) is 2.91. The molecule has 3 rings (SSSR count). The fourth-order valence-electron chi connectivity index (χ4n) is 2.92. The zero-order chi connectivity index (χ0) is 19.9. The Labute approximate surface area is 164 Å². The van der Waals surface area contributed by atoms with Gasteiger partial charge in [-0.05, 0) is 35.7 Å². The number of esters is 1. The normalized spacial score (nSPS) is 14.1. The van der Waals surface area contributed by atoms with Crippen LogP contribution < -0.4 is 14.8 Å². The molecule has 7 heteroatoms. The molecule has 1 N–H and O–H groups in total. The Morgan fingerprint density at radius 2 is 1.96 bits per heavy atom. The van der Waals surface area contributed by atoms with Crippen molar-refractivity contribution in [3.63, 3.8) is 0 Å². The lowest BCUT2D eigenvalue weighted by molar-refractivity contribution is -0.125. The highest BCUT2D eigenvalue weighted by molar-refractivity contribution is 5.91. The predicted molar refractivity (Wildman–Crippen MR) is 102 cm³/mol. The van der Waals surface area contributed by atoms with Gasteiger partial charge in [0.1, 0.15) is 0 Å². The molecule has 1 amide bonds. The lowest BCUT2D eigenvalue weighted by Gasteiger charge is -2.23. The number of rotatable bonds is 6. The van der Waals surface area contributed by atoms with Gasteiger partial charge in [-0.1, -0.05) is 19.9 Å². The number of fused-ring (bicyclic) bond motifs is 1. The summed E-state index contributed by atoms with van der Waals surface area (Å²) in [6, 6.07) is 8.65. The van der Waals surface area contributed by atoms with E-state index in [1.807, 2.05) is 32.0 Å². The molecule has 0 radical (unpaired) electrons. The molecule has 0 bridgehead atoms. The Hall–Kier alpha value is -3.09. The molecule has 0 spiro atoms. The number of benzene rings is 1. The highest BCUT2D eigenvalue weighted by Gasteiger charge is 2.22. The van der Waals surface area contributed by atoms with E-state index in [2.05, 4.69) is 10.3 Å². The van der Waals surface area contributed by atoms with Gasteiger partial charge in [0.25, 0.3) is 5.91 Å². The second-order valence-corrected chi connectivity index (χ2v) is 6.86. The number of ether oxygens (including phenoxy) is 3. The van der Waals surface area contributed by atoms with Crippen molar-refractivity contribution in [3.05, 3.63) is 53.9 Å². The first-order chi connectivity index (χ1) is 13.5. The van der Waals surface area contributed by atoms with Crippen molar-refractivity contribution in [3.8, 4) is 11.5 Å². The van der Waals surface area contributed by atoms with Crippen molar-refractivity contribution in [1.29, 1.82) is 0 Å². The maximum Gasteiger partial charge on any atom is 0.340 e. The summed E-state index contributed by atoms with van der Waals surface area (Å²) < 4.78 is 16.5. The molecule has 0 aliphatic carbocycles. The second-order valence-electron chi connectivity index (χ2n) is 6.86. The van der Waals surface area contributed by atoms with E-state index in [1.165, 1.54) is 6.20 Å². The van der Waals surface area contributed by atoms with Crippen LogP contribution in [0.5, 0.6) is 11.5 Å². The minimum absolute atomic E-state index is 0.128. The molecule has 148 valence electrons. The molecule has 1 aromatic carbocycles. The summed E-state index contributed by atoms with van der Waals surface area (Å²) in [6.07, 6.45) is 3.79. The van der Waals surface area contributed by atoms with E-state index < -0.39 is 5.97 Å². The fraction of sp³-hybridized carbons (Fsp3) is 0.381. The third-order valence-corrected chi connectivity index (χ3v) is 4.35. The number of carbonyl (C=O) groups is 2. The first-order valence-corrected chi connectivity index (χ1v) is 9.30. The minimum atomic E-state index is -0.583. The van der Waals surface area contributed by atoms with Gasteiger partial charge in [0, 0.05) is 18.8 Å². The number of nitrogens with zero attached hydrogens (tertiary/aromatic N) is 1. The van der Waals surface area contributed by atoms with Crippen molar-refractivity contribution in [2.24, 2.45) is 5.92 Å². The van der Waals surface area contributed by atoms with Gasteiger partial charge in [0.2, 0.25) is 0 Å². The van der Waals surface area contributed by atoms with Crippen molar-refractivity contribution in [1.82, 2.24) is 10.3 Å². The Balaban J connectivity index is 1.63. The van der Waals surface area contributed by atoms with Gasteiger partial charge >= 0.3 is 5.97 Å². The lowest BCUT2D eigenvalue weighted by Crippen LogP contribution is -2.35. The summed E-state index contributed by atoms with van der Waals surface area (Å²) in [5, 5.41) is 2.93. The molecule has 1 aliphatic heterocycles. The van der Waals surface area contributed by atoms with Gasteiger partial charge in [0.15, 0.2) is 18.1 Å². The van der Waals surface area contributed by atoms with Crippen LogP contribution in [0, 0.1) is 5.92 Å². The molecule has 1 atom stereocenters. The first-order valence-electron chi connectivity index (χ1n) is 9.30. The average molecular weight is 384 g/mol. The van der Waals surface area contributed by atoms with Crippen LogP contribution in [0.1, 0.15) is 42.2 Å². The van der Waals surface area contributed by atoms with E-state index in [0.29, 0.717) is 30.3 Å². The molecule has 7 nitrogen and oxygen atoms in total. The van der Waals surface area contributed by atoms with Crippen LogP contribution in [0.4, 0.5) is 0 Å². The van der Waals surface area contributed by atoms with Crippen molar-refractivity contribution in [2.75, 3.05) is 19.8 Å². The number of aromatic nitrogens is 1. The monoisotopic (exact) mass is 384 g/mol. The van der Waals surface area contributed by atoms with E-state index in [-0.39, 0.29) is 24.5 Å². The zero-order valence-corrected chi connectivity index (χ0v) is 16.0. The van der Waals surface area contributed by atoms with E-state index in [1.54, 1.807) is 18.3 Å². The van der Waals surface area contributed by atoms with Crippen LogP contribution in [0.15, 0.2) is 42.7 Å². The van der Waals surface area contributed by atoms with Crippen molar-refractivity contribution in [2.45, 2.75) is 26.3 Å². The fourth-order valence-corrected chi connectivity index (χ4v) is 2.92. The summed E-state index contributed by atoms with van der Waals surface area (Å²) in [4.78, 5) is 28.2. The largest absolute Gasteiger partial charge is 0.490 e. The van der Waals surface area contributed by atoms with Crippen molar-refractivity contribution >= 4 is 11.9 Å². The average Bonchev–Trinajstić information content (AvgIpc) is 2.95. The van der Waals surface area contributed by atoms with Crippen LogP contribution in [-0.4, -0.2) is 36.7 Å². The molecule has 28 heavy (non-hydrogen) atoms. The molecule has 2 aromatic rings. The summed E-state index contributed by atoms with van der Waals surface area (Å²) in [5.41, 5.74) is 1.21. The Morgan fingerprint density at radius 3 is 2.68 bits per heavy atom. The van der Waals surface area contributed by atoms with Crippen LogP contribution >= 0.6 is 0 Å². The topological polar surface area (TPSA) is 86.8 Å². The van der Waals surface area contributed by atoms with Gasteiger partial charge in [-0.2, -0.15) is 0 Å². The molecular weight excluding hydrogens is 360 g/mol. The number of carbonyl (C=O) groups excluding carboxylic acids is 2. The quantitative estimate of drug-likeness (QED) is 0.771. The number of hydrogen-bond acceptors (Lipinski definition) is 6. The molecule has 0 saturated heterocycles. The number of pyridine rings is 1. The summed E-state index contributed by atoms with van der Waals surface area (Å²) in [7, 11) is 0. The van der Waals surface area contributed by atoms with Crippen LogP contribution in [0.25, 0.3) is 0 Å². The zero-order valence-electron chi connectivity index (χ0n) is 16.0. The molecule has 2 heterocycles. The molecule has 0 saturated carbocycles. The minimum Gasteiger partial charge on any atom is -0.490 e. The van der Waals surface area contributed by atoms with Gasteiger partial charge in [0.05, 0.1) is 24.8 Å². The standard InChI is InChI=1S/C21H24N2O5/c1-14(2)20(15-6-7-17-18(11-15)27-10-4-9-26-17)23-19(24)13-28-21(25)16-5-3-8-22-12-16/h3,5-8,11-12,14,20H,4,9-10,13H2,1-2H3,(H,23,24)/t20-/m1/s1. The van der Waals surface area contributed by atoms with Gasteiger partial charge in [-0.3, -0.25) is 9.78 Å². The van der Waals surface area contributed by atoms with E-state index in [0.717, 1.165) is 12.0 Å². The SMILES string of the molecule is CC(C)[C@@H](NC(=O)COC(=O)c1cccnc1)c1ccc2c(c1)OCCCO2. The van der Waals surface area contributed by atoms with Gasteiger partial charge in [-0.15, -0.1) is 0 Å². The van der Waals surface area contributed by atoms with E-state index in [9.17, 15) is 9.59 Å². The van der Waals surface area contributed by atoms with E-state index >= 15 is 0 Å². The van der Waals surface area contributed by atoms with Crippen LogP contribution in [-0.2, 0) is 9.53 Å². The van der Waals surface area contributed by atoms with Crippen molar-refractivity contribution < 1.29 is 23.8 Å². The molecule has 1 aromatic heterocycles. The smallest absolute Gasteiger partial charge is 0.340 e. The van der Waals surface area contributed by atoms with Crippen LogP contribution in [0.3, 0.4) is 0 Å². The maximum atomic E-state index is 12.4. The third kappa shape index (κ3) is 5.00. The molecular formula is C21H24N2O5. The number of nitrogens with one attached hydrogen (secondary N) is 1. The number of amides is 1. The van der Waals surface area contributed by atoms with Gasteiger partial charge in [-0.25, -0.2) is 4.79 Å². The molecule has 0 fully saturated rings. The van der Waals surface area contributed by atoms with Crippen LogP contribution in [0.2, 0.25) is 0 Å². The summed E-state index contributed by atoms with van der Waals surface area (Å²) >= 11 is 0. The summed E-state index contributed by atoms with van der Waals surface area (Å²) in [5.74, 6) is 0.559. The lowest BCUT2D eigenvalue weighted by atomic mass is 9.95. The summed E-state index contributed by atoms with van der Waals surface area (Å²) in [6.45, 7) is 4.88. The van der Waals surface area contributed by atoms with Gasteiger partial charge < -0.3 is 19.5 Å². The molecule has 1 aliphatic rings. The highest BCUT2D eigenvalue weighted by atomic mass is 16.5. The Kier molecular flexibility index (Phi) is 6.47. The first kappa shape index (κ1) is 19.7.